The van der Waals surface area contributed by atoms with Crippen molar-refractivity contribution in [1.82, 2.24) is 34.6 Å². The highest BCUT2D eigenvalue weighted by Crippen LogP contribution is 2.36. The summed E-state index contributed by atoms with van der Waals surface area (Å²) in [5, 5.41) is 17.4. The maximum Gasteiger partial charge on any atom is 0.242 e. The number of benzene rings is 2. The van der Waals surface area contributed by atoms with Gasteiger partial charge in [-0.05, 0) is 29.8 Å². The molecule has 2 aromatic carbocycles. The zero-order chi connectivity index (χ0) is 21.4. The van der Waals surface area contributed by atoms with E-state index in [1.54, 1.807) is 48.3 Å². The molecule has 3 aromatic heterocycles. The topological polar surface area (TPSA) is 83.0 Å². The minimum absolute atomic E-state index is 0.143. The van der Waals surface area contributed by atoms with E-state index in [1.807, 2.05) is 12.1 Å². The molecule has 0 atom stereocenters. The number of nitrogens with zero attached hydrogens (tertiary/aromatic N) is 7. The van der Waals surface area contributed by atoms with E-state index in [-0.39, 0.29) is 18.0 Å². The molecule has 0 bridgehead atoms. The predicted molar refractivity (Wildman–Crippen MR) is 112 cm³/mol. The second-order valence-corrected chi connectivity index (χ2v) is 7.16. The van der Waals surface area contributed by atoms with Crippen LogP contribution in [-0.2, 0) is 13.7 Å². The molecule has 0 fully saturated rings. The number of aryl methyl sites for hydroxylation is 1. The van der Waals surface area contributed by atoms with Crippen molar-refractivity contribution in [3.05, 3.63) is 77.7 Å². The standard InChI is InChI=1S/C21H15ClFN7O/c1-29-18(24-12-26-29)11-31-21-19(13-5-4-6-14(22)9-13)17-10-25-27-20(30(17)28-21)15-7-2-3-8-16(15)23/h2-10,12H,11H2,1H3. The smallest absolute Gasteiger partial charge is 0.242 e. The minimum Gasteiger partial charge on any atom is -0.468 e. The highest BCUT2D eigenvalue weighted by Gasteiger charge is 2.21. The summed E-state index contributed by atoms with van der Waals surface area (Å²) >= 11 is 6.23. The molecule has 154 valence electrons. The zero-order valence-electron chi connectivity index (χ0n) is 16.3. The summed E-state index contributed by atoms with van der Waals surface area (Å²) < 4.78 is 23.6. The van der Waals surface area contributed by atoms with Gasteiger partial charge in [-0.25, -0.2) is 13.9 Å². The number of fused-ring (bicyclic) bond motifs is 1. The van der Waals surface area contributed by atoms with Gasteiger partial charge in [0.15, 0.2) is 11.6 Å². The van der Waals surface area contributed by atoms with Gasteiger partial charge in [0, 0.05) is 12.1 Å². The Morgan fingerprint density at radius 2 is 2.00 bits per heavy atom. The monoisotopic (exact) mass is 435 g/mol. The molecule has 5 rings (SSSR count). The average Bonchev–Trinajstić information content (AvgIpc) is 3.35. The first-order chi connectivity index (χ1) is 15.1. The average molecular weight is 436 g/mol. The van der Waals surface area contributed by atoms with Crippen LogP contribution in [-0.4, -0.2) is 34.6 Å². The summed E-state index contributed by atoms with van der Waals surface area (Å²) in [6.45, 7) is 0.143. The van der Waals surface area contributed by atoms with Gasteiger partial charge in [0.1, 0.15) is 24.3 Å². The number of aromatic nitrogens is 7. The van der Waals surface area contributed by atoms with Crippen LogP contribution in [0.4, 0.5) is 4.39 Å². The summed E-state index contributed by atoms with van der Waals surface area (Å²) in [5.74, 6) is 0.773. The normalized spacial score (nSPS) is 11.2. The van der Waals surface area contributed by atoms with Crippen LogP contribution >= 0.6 is 11.6 Å². The predicted octanol–water partition coefficient (Wildman–Crippen LogP) is 3.96. The lowest BCUT2D eigenvalue weighted by Gasteiger charge is -2.06. The second kappa shape index (κ2) is 7.77. The third-order valence-electron chi connectivity index (χ3n) is 4.79. The Kier molecular flexibility index (Phi) is 4.79. The summed E-state index contributed by atoms with van der Waals surface area (Å²) in [6, 6.07) is 13.6. The van der Waals surface area contributed by atoms with E-state index in [4.69, 9.17) is 16.3 Å². The Morgan fingerprint density at radius 1 is 1.13 bits per heavy atom. The van der Waals surface area contributed by atoms with E-state index in [9.17, 15) is 4.39 Å². The summed E-state index contributed by atoms with van der Waals surface area (Å²) in [6.07, 6.45) is 3.01. The minimum atomic E-state index is -0.425. The van der Waals surface area contributed by atoms with Crippen LogP contribution in [0.15, 0.2) is 61.1 Å². The maximum absolute atomic E-state index is 14.5. The van der Waals surface area contributed by atoms with Crippen LogP contribution in [0.1, 0.15) is 5.82 Å². The maximum atomic E-state index is 14.5. The van der Waals surface area contributed by atoms with Crippen LogP contribution in [0, 0.1) is 5.82 Å². The lowest BCUT2D eigenvalue weighted by molar-refractivity contribution is 0.278. The second-order valence-electron chi connectivity index (χ2n) is 6.72. The van der Waals surface area contributed by atoms with Gasteiger partial charge < -0.3 is 4.74 Å². The Labute approximate surface area is 180 Å². The van der Waals surface area contributed by atoms with Gasteiger partial charge in [0.05, 0.1) is 17.3 Å². The SMILES string of the molecule is Cn1ncnc1COc1nn2c(-c3ccccc3F)nncc2c1-c1cccc(Cl)c1. The molecule has 0 N–H and O–H groups in total. The molecule has 0 aliphatic carbocycles. The first kappa shape index (κ1) is 19.1. The molecule has 0 amide bonds. The first-order valence-corrected chi connectivity index (χ1v) is 9.70. The van der Waals surface area contributed by atoms with Gasteiger partial charge >= 0.3 is 0 Å². The quantitative estimate of drug-likeness (QED) is 0.415. The fourth-order valence-electron chi connectivity index (χ4n) is 3.28. The highest BCUT2D eigenvalue weighted by molar-refractivity contribution is 6.30. The molecule has 5 aromatic rings. The highest BCUT2D eigenvalue weighted by atomic mass is 35.5. The molecule has 0 spiro atoms. The Balaban J connectivity index is 1.70. The molecule has 0 unspecified atom stereocenters. The van der Waals surface area contributed by atoms with E-state index in [2.05, 4.69) is 25.4 Å². The van der Waals surface area contributed by atoms with Crippen LogP contribution in [0.2, 0.25) is 5.02 Å². The first-order valence-electron chi connectivity index (χ1n) is 9.33. The molecule has 0 radical (unpaired) electrons. The number of hydrogen-bond acceptors (Lipinski definition) is 6. The molecular weight excluding hydrogens is 421 g/mol. The van der Waals surface area contributed by atoms with Gasteiger partial charge in [-0.1, -0.05) is 35.9 Å². The van der Waals surface area contributed by atoms with E-state index >= 15 is 0 Å². The van der Waals surface area contributed by atoms with Gasteiger partial charge in [0.2, 0.25) is 5.88 Å². The van der Waals surface area contributed by atoms with Crippen LogP contribution in [0.25, 0.3) is 28.0 Å². The summed E-state index contributed by atoms with van der Waals surface area (Å²) in [7, 11) is 1.78. The Hall–Kier alpha value is -3.85. The van der Waals surface area contributed by atoms with Crippen molar-refractivity contribution in [3.8, 4) is 28.4 Å². The van der Waals surface area contributed by atoms with Gasteiger partial charge in [-0.3, -0.25) is 4.68 Å². The summed E-state index contributed by atoms with van der Waals surface area (Å²) in [4.78, 5) is 4.17. The molecule has 31 heavy (non-hydrogen) atoms. The van der Waals surface area contributed by atoms with Crippen molar-refractivity contribution in [2.45, 2.75) is 6.61 Å². The molecule has 8 nitrogen and oxygen atoms in total. The fraction of sp³-hybridized carbons (Fsp3) is 0.0952. The lowest BCUT2D eigenvalue weighted by Crippen LogP contribution is -2.05. The van der Waals surface area contributed by atoms with Gasteiger partial charge in [0.25, 0.3) is 0 Å². The molecule has 3 heterocycles. The number of halogens is 2. The van der Waals surface area contributed by atoms with Gasteiger partial charge in [-0.2, -0.15) is 10.2 Å². The van der Waals surface area contributed by atoms with Crippen LogP contribution in [0.3, 0.4) is 0 Å². The number of hydrogen-bond donors (Lipinski definition) is 0. The zero-order valence-corrected chi connectivity index (χ0v) is 17.0. The van der Waals surface area contributed by atoms with Gasteiger partial charge in [-0.15, -0.1) is 10.2 Å². The fourth-order valence-corrected chi connectivity index (χ4v) is 3.47. The third kappa shape index (κ3) is 3.49. The summed E-state index contributed by atoms with van der Waals surface area (Å²) in [5.41, 5.74) is 2.32. The largest absolute Gasteiger partial charge is 0.468 e. The third-order valence-corrected chi connectivity index (χ3v) is 5.03. The van der Waals surface area contributed by atoms with E-state index in [0.717, 1.165) is 5.56 Å². The number of ether oxygens (including phenoxy) is 1. The molecule has 0 aliphatic heterocycles. The van der Waals surface area contributed by atoms with Crippen molar-refractivity contribution in [2.24, 2.45) is 7.05 Å². The van der Waals surface area contributed by atoms with Crippen molar-refractivity contribution < 1.29 is 9.13 Å². The Morgan fingerprint density at radius 3 is 2.77 bits per heavy atom. The van der Waals surface area contributed by atoms with E-state index in [0.29, 0.717) is 27.8 Å². The van der Waals surface area contributed by atoms with E-state index < -0.39 is 5.82 Å². The molecular formula is C21H15ClFN7O. The molecule has 0 aliphatic rings. The molecule has 0 saturated carbocycles. The Bertz CT molecular complexity index is 1400. The van der Waals surface area contributed by atoms with Crippen molar-refractivity contribution >= 4 is 17.1 Å². The number of rotatable bonds is 5. The molecule has 10 heteroatoms. The molecule has 0 saturated heterocycles. The van der Waals surface area contributed by atoms with Crippen molar-refractivity contribution in [2.75, 3.05) is 0 Å². The van der Waals surface area contributed by atoms with Crippen molar-refractivity contribution in [1.29, 1.82) is 0 Å². The van der Waals surface area contributed by atoms with Crippen LogP contribution < -0.4 is 4.74 Å². The van der Waals surface area contributed by atoms with Crippen LogP contribution in [0.5, 0.6) is 5.88 Å². The van der Waals surface area contributed by atoms with Crippen molar-refractivity contribution in [3.63, 3.8) is 0 Å². The van der Waals surface area contributed by atoms with E-state index in [1.165, 1.54) is 16.9 Å². The lowest BCUT2D eigenvalue weighted by atomic mass is 10.1.